The molecule has 0 aromatic heterocycles. The van der Waals surface area contributed by atoms with E-state index in [9.17, 15) is 0 Å². The van der Waals surface area contributed by atoms with Gasteiger partial charge in [-0.3, -0.25) is 0 Å². The Labute approximate surface area is 339 Å². The van der Waals surface area contributed by atoms with E-state index in [1.165, 1.54) is 33.4 Å². The Bertz CT molecular complexity index is 2950. The molecule has 0 radical (unpaired) electrons. The van der Waals surface area contributed by atoms with E-state index < -0.39 is 0 Å². The minimum atomic E-state index is -0.148. The number of hydrogen-bond acceptors (Lipinski definition) is 3. The van der Waals surface area contributed by atoms with Crippen molar-refractivity contribution in [3.05, 3.63) is 217 Å². The van der Waals surface area contributed by atoms with Gasteiger partial charge >= 0.3 is 0 Å². The van der Waals surface area contributed by atoms with E-state index in [1.807, 2.05) is 0 Å². The van der Waals surface area contributed by atoms with Gasteiger partial charge in [0.05, 0.1) is 11.4 Å². The van der Waals surface area contributed by atoms with Crippen LogP contribution in [0.5, 0.6) is 11.5 Å². The zero-order chi connectivity index (χ0) is 38.8. The summed E-state index contributed by atoms with van der Waals surface area (Å²) < 4.78 is 7.28. The lowest BCUT2D eigenvalue weighted by Crippen LogP contribution is -2.17. The van der Waals surface area contributed by atoms with Crippen LogP contribution in [0.3, 0.4) is 0 Å². The van der Waals surface area contributed by atoms with Gasteiger partial charge in [0.15, 0.2) is 5.75 Å². The number of rotatable bonds is 7. The summed E-state index contributed by atoms with van der Waals surface area (Å²) in [5.74, 6) is 1.67. The summed E-state index contributed by atoms with van der Waals surface area (Å²) in [7, 11) is 0. The number of ether oxygens (including phenoxy) is 1. The lowest BCUT2D eigenvalue weighted by Gasteiger charge is -2.33. The van der Waals surface area contributed by atoms with Crippen LogP contribution in [0.25, 0.3) is 44.2 Å². The van der Waals surface area contributed by atoms with Crippen molar-refractivity contribution in [3.63, 3.8) is 0 Å². The zero-order valence-corrected chi connectivity index (χ0v) is 32.4. The average Bonchev–Trinajstić information content (AvgIpc) is 3.51. The number of para-hydroxylation sites is 2. The van der Waals surface area contributed by atoms with Gasteiger partial charge in [-0.15, -0.1) is 0 Å². The molecular weight excluding hydrogens is 705 g/mol. The summed E-state index contributed by atoms with van der Waals surface area (Å²) >= 11 is 0. The standard InChI is InChI=1S/C55H40N2O/c1-55(2)47-25-13-12-23-44(47)45-34-33-43(36-48(45)55)57(42-31-28-38(29-32-42)37-16-6-3-7-17-37)50-35-30-39-18-14-24-46-52(39)54(50)58-51-27-15-26-49(53(46)51)56(40-19-8-4-9-20-40)41-21-10-5-11-22-41/h3-36H,1-2H3. The Kier molecular flexibility index (Phi) is 7.84. The van der Waals surface area contributed by atoms with Crippen molar-refractivity contribution in [1.29, 1.82) is 0 Å². The van der Waals surface area contributed by atoms with Crippen molar-refractivity contribution in [2.45, 2.75) is 19.3 Å². The molecule has 0 saturated carbocycles. The van der Waals surface area contributed by atoms with E-state index in [2.05, 4.69) is 230 Å². The van der Waals surface area contributed by atoms with E-state index in [0.29, 0.717) is 0 Å². The second-order valence-electron chi connectivity index (χ2n) is 15.7. The normalized spacial score (nSPS) is 12.9. The molecule has 0 amide bonds. The molecular formula is C55H40N2O. The molecule has 0 unspecified atom stereocenters. The van der Waals surface area contributed by atoms with Gasteiger partial charge in [-0.1, -0.05) is 153 Å². The first-order valence-electron chi connectivity index (χ1n) is 20.0. The van der Waals surface area contributed by atoms with Crippen molar-refractivity contribution in [2.75, 3.05) is 9.80 Å². The van der Waals surface area contributed by atoms with Crippen LogP contribution in [0.1, 0.15) is 25.0 Å². The topological polar surface area (TPSA) is 15.7 Å². The van der Waals surface area contributed by atoms with Gasteiger partial charge in [0.1, 0.15) is 5.75 Å². The van der Waals surface area contributed by atoms with Gasteiger partial charge in [0.25, 0.3) is 0 Å². The van der Waals surface area contributed by atoms with Crippen LogP contribution < -0.4 is 14.5 Å². The monoisotopic (exact) mass is 744 g/mol. The van der Waals surface area contributed by atoms with E-state index in [1.54, 1.807) is 0 Å². The van der Waals surface area contributed by atoms with Gasteiger partial charge in [0, 0.05) is 39.1 Å². The molecule has 9 aromatic rings. The van der Waals surface area contributed by atoms with Gasteiger partial charge in [-0.25, -0.2) is 0 Å². The third kappa shape index (κ3) is 5.35. The molecule has 1 aliphatic carbocycles. The van der Waals surface area contributed by atoms with E-state index in [4.69, 9.17) is 4.74 Å². The highest BCUT2D eigenvalue weighted by Gasteiger charge is 2.36. The first-order valence-corrected chi connectivity index (χ1v) is 20.0. The number of fused-ring (bicyclic) bond motifs is 5. The number of hydrogen-bond donors (Lipinski definition) is 0. The van der Waals surface area contributed by atoms with Crippen LogP contribution in [0, 0.1) is 0 Å². The quantitative estimate of drug-likeness (QED) is 0.162. The first kappa shape index (κ1) is 33.9. The van der Waals surface area contributed by atoms with Crippen LogP contribution in [0.15, 0.2) is 206 Å². The summed E-state index contributed by atoms with van der Waals surface area (Å²) in [6.07, 6.45) is 0. The molecule has 0 N–H and O–H groups in total. The maximum Gasteiger partial charge on any atom is 0.159 e. The number of anilines is 6. The van der Waals surface area contributed by atoms with Crippen LogP contribution in [-0.2, 0) is 5.41 Å². The molecule has 0 atom stereocenters. The molecule has 3 nitrogen and oxygen atoms in total. The van der Waals surface area contributed by atoms with Crippen molar-refractivity contribution in [2.24, 2.45) is 0 Å². The Morgan fingerprint density at radius 3 is 1.71 bits per heavy atom. The van der Waals surface area contributed by atoms with Crippen molar-refractivity contribution in [1.82, 2.24) is 0 Å². The Morgan fingerprint density at radius 1 is 0.397 bits per heavy atom. The molecule has 1 aliphatic heterocycles. The molecule has 276 valence electrons. The molecule has 11 rings (SSSR count). The highest BCUT2D eigenvalue weighted by atomic mass is 16.5. The first-order chi connectivity index (χ1) is 28.5. The van der Waals surface area contributed by atoms with Crippen molar-refractivity contribution < 1.29 is 4.74 Å². The average molecular weight is 745 g/mol. The highest BCUT2D eigenvalue weighted by Crippen LogP contribution is 2.57. The van der Waals surface area contributed by atoms with Gasteiger partial charge in [-0.2, -0.15) is 0 Å². The van der Waals surface area contributed by atoms with E-state index >= 15 is 0 Å². The van der Waals surface area contributed by atoms with Crippen LogP contribution in [0.2, 0.25) is 0 Å². The summed E-state index contributed by atoms with van der Waals surface area (Å²) in [6, 6.07) is 74.1. The second-order valence-corrected chi connectivity index (χ2v) is 15.7. The summed E-state index contributed by atoms with van der Waals surface area (Å²) in [4.78, 5) is 4.72. The van der Waals surface area contributed by atoms with Crippen LogP contribution >= 0.6 is 0 Å². The van der Waals surface area contributed by atoms with Gasteiger partial charge < -0.3 is 14.5 Å². The summed E-state index contributed by atoms with van der Waals surface area (Å²) in [5.41, 5.74) is 16.1. The zero-order valence-electron chi connectivity index (χ0n) is 32.4. The Balaban J connectivity index is 1.13. The molecule has 9 aromatic carbocycles. The fraction of sp³-hybridized carbons (Fsp3) is 0.0545. The van der Waals surface area contributed by atoms with Gasteiger partial charge in [0.2, 0.25) is 0 Å². The predicted molar refractivity (Wildman–Crippen MR) is 242 cm³/mol. The lowest BCUT2D eigenvalue weighted by molar-refractivity contribution is 0.488. The fourth-order valence-corrected chi connectivity index (χ4v) is 9.27. The van der Waals surface area contributed by atoms with Crippen molar-refractivity contribution in [3.8, 4) is 44.9 Å². The maximum absolute atomic E-state index is 7.28. The minimum Gasteiger partial charge on any atom is -0.454 e. The lowest BCUT2D eigenvalue weighted by atomic mass is 9.82. The molecule has 3 heteroatoms. The highest BCUT2D eigenvalue weighted by molar-refractivity contribution is 6.11. The molecule has 58 heavy (non-hydrogen) atoms. The molecule has 0 saturated heterocycles. The van der Waals surface area contributed by atoms with Crippen LogP contribution in [-0.4, -0.2) is 0 Å². The van der Waals surface area contributed by atoms with E-state index in [0.717, 1.165) is 67.5 Å². The number of nitrogens with zero attached hydrogens (tertiary/aromatic N) is 2. The number of benzene rings is 9. The van der Waals surface area contributed by atoms with E-state index in [-0.39, 0.29) is 5.41 Å². The fourth-order valence-electron chi connectivity index (χ4n) is 9.27. The minimum absolute atomic E-state index is 0.148. The predicted octanol–water partition coefficient (Wildman–Crippen LogP) is 15.5. The molecule has 0 bridgehead atoms. The third-order valence-corrected chi connectivity index (χ3v) is 12.0. The van der Waals surface area contributed by atoms with Crippen molar-refractivity contribution >= 4 is 44.9 Å². The maximum atomic E-state index is 7.28. The third-order valence-electron chi connectivity index (χ3n) is 12.0. The molecule has 0 fully saturated rings. The molecule has 0 spiro atoms. The second kappa shape index (κ2) is 13.4. The summed E-state index contributed by atoms with van der Waals surface area (Å²) in [5, 5.41) is 2.23. The smallest absolute Gasteiger partial charge is 0.159 e. The Morgan fingerprint density at radius 2 is 0.966 bits per heavy atom. The summed E-state index contributed by atoms with van der Waals surface area (Å²) in [6.45, 7) is 4.69. The molecule has 1 heterocycles. The largest absolute Gasteiger partial charge is 0.454 e. The van der Waals surface area contributed by atoms with Gasteiger partial charge in [-0.05, 0) is 111 Å². The Hall–Kier alpha value is -7.36. The SMILES string of the molecule is CC1(C)c2ccccc2-c2ccc(N(c3ccc(-c4ccccc4)cc3)c3ccc4cccc5c4c3Oc3cccc(N(c4ccccc4)c4ccccc4)c3-5)cc21. The van der Waals surface area contributed by atoms with Crippen LogP contribution in [0.4, 0.5) is 34.1 Å². The molecule has 2 aliphatic rings.